The van der Waals surface area contributed by atoms with Crippen LogP contribution in [0.1, 0.15) is 43.7 Å². The first-order chi connectivity index (χ1) is 14.6. The summed E-state index contributed by atoms with van der Waals surface area (Å²) in [4.78, 5) is 28.8. The lowest BCUT2D eigenvalue weighted by Crippen LogP contribution is -2.49. The zero-order valence-corrected chi connectivity index (χ0v) is 17.9. The normalized spacial score (nSPS) is 16.8. The van der Waals surface area contributed by atoms with Crippen molar-refractivity contribution >= 4 is 33.4 Å². The van der Waals surface area contributed by atoms with Crippen LogP contribution in [0.2, 0.25) is 0 Å². The molecule has 1 aromatic carbocycles. The highest BCUT2D eigenvalue weighted by Gasteiger charge is 2.27. The highest BCUT2D eigenvalue weighted by atomic mass is 32.2. The van der Waals surface area contributed by atoms with Crippen LogP contribution >= 0.6 is 0 Å². The molecule has 1 heterocycles. The van der Waals surface area contributed by atoms with Gasteiger partial charge in [-0.05, 0) is 12.0 Å². The largest absolute Gasteiger partial charge is 0.480 e. The quantitative estimate of drug-likeness (QED) is 0.220. The molecule has 0 saturated heterocycles. The summed E-state index contributed by atoms with van der Waals surface area (Å²) in [7, 11) is -3.75. The van der Waals surface area contributed by atoms with Gasteiger partial charge >= 0.3 is 5.97 Å². The van der Waals surface area contributed by atoms with Gasteiger partial charge in [-0.2, -0.15) is 4.72 Å². The molecule has 1 aliphatic rings. The number of nitrogen functional groups attached to an aromatic ring is 1. The number of oxime groups is 1. The summed E-state index contributed by atoms with van der Waals surface area (Å²) < 4.78 is 25.9. The van der Waals surface area contributed by atoms with Gasteiger partial charge in [-0.15, -0.1) is 0 Å². The van der Waals surface area contributed by atoms with E-state index in [0.29, 0.717) is 30.5 Å². The zero-order valence-electron chi connectivity index (χ0n) is 17.1. The molecule has 2 atom stereocenters. The van der Waals surface area contributed by atoms with E-state index in [9.17, 15) is 23.1 Å². The SMILES string of the molecule is CCCCS(=O)(=O)N[C@@H](CNC(=O)CC1CC(c2ccc(C(=N)N)cc2)=NO1)C(=O)O. The summed E-state index contributed by atoms with van der Waals surface area (Å²) in [6, 6.07) is 5.43. The number of amides is 1. The molecule has 0 saturated carbocycles. The first kappa shape index (κ1) is 24.3. The monoisotopic (exact) mass is 453 g/mol. The second-order valence-corrected chi connectivity index (χ2v) is 9.02. The summed E-state index contributed by atoms with van der Waals surface area (Å²) in [6.45, 7) is 1.44. The van der Waals surface area contributed by atoms with Gasteiger partial charge in [0.15, 0.2) is 0 Å². The highest BCUT2D eigenvalue weighted by molar-refractivity contribution is 7.89. The Hall–Kier alpha value is -2.99. The van der Waals surface area contributed by atoms with Crippen molar-refractivity contribution in [3.8, 4) is 0 Å². The summed E-state index contributed by atoms with van der Waals surface area (Å²) in [5.74, 6) is -2.08. The minimum absolute atomic E-state index is 0.0435. The number of amidine groups is 1. The van der Waals surface area contributed by atoms with E-state index in [1.54, 1.807) is 24.3 Å². The predicted octanol–water partition coefficient (Wildman–Crippen LogP) is 0.143. The lowest BCUT2D eigenvalue weighted by Gasteiger charge is -2.16. The van der Waals surface area contributed by atoms with Crippen molar-refractivity contribution in [1.82, 2.24) is 10.0 Å². The number of sulfonamides is 1. The molecule has 31 heavy (non-hydrogen) atoms. The molecule has 0 aliphatic carbocycles. The lowest BCUT2D eigenvalue weighted by molar-refractivity contribution is -0.138. The number of carboxylic acids is 1. The number of carboxylic acid groups (broad SMARTS) is 1. The minimum atomic E-state index is -3.75. The zero-order chi connectivity index (χ0) is 23.0. The van der Waals surface area contributed by atoms with E-state index in [-0.39, 0.29) is 24.6 Å². The van der Waals surface area contributed by atoms with E-state index in [1.807, 2.05) is 6.92 Å². The van der Waals surface area contributed by atoms with Crippen molar-refractivity contribution in [2.45, 2.75) is 44.8 Å². The van der Waals surface area contributed by atoms with Gasteiger partial charge in [-0.1, -0.05) is 42.8 Å². The average Bonchev–Trinajstić information content (AvgIpc) is 3.17. The molecular weight excluding hydrogens is 426 g/mol. The van der Waals surface area contributed by atoms with E-state index < -0.39 is 34.0 Å². The number of benzene rings is 1. The van der Waals surface area contributed by atoms with Gasteiger partial charge in [0.2, 0.25) is 15.9 Å². The molecule has 0 fully saturated rings. The number of unbranched alkanes of at least 4 members (excludes halogenated alkanes) is 1. The van der Waals surface area contributed by atoms with Gasteiger partial charge in [0, 0.05) is 18.5 Å². The molecule has 12 heteroatoms. The fraction of sp³-hybridized carbons (Fsp3) is 0.474. The van der Waals surface area contributed by atoms with Crippen molar-refractivity contribution < 1.29 is 28.0 Å². The Labute approximate surface area is 180 Å². The van der Waals surface area contributed by atoms with Gasteiger partial charge in [-0.3, -0.25) is 15.0 Å². The fourth-order valence-electron chi connectivity index (χ4n) is 2.83. The van der Waals surface area contributed by atoms with Crippen LogP contribution in [0.15, 0.2) is 29.4 Å². The van der Waals surface area contributed by atoms with Gasteiger partial charge in [0.05, 0.1) is 17.9 Å². The number of aliphatic carboxylic acids is 1. The van der Waals surface area contributed by atoms with Crippen LogP contribution in [0.25, 0.3) is 0 Å². The molecular formula is C19H27N5O6S. The molecule has 6 N–H and O–H groups in total. The topological polar surface area (TPSA) is 184 Å². The van der Waals surface area contributed by atoms with E-state index in [0.717, 1.165) is 5.56 Å². The van der Waals surface area contributed by atoms with Crippen molar-refractivity contribution in [3.63, 3.8) is 0 Å². The molecule has 1 unspecified atom stereocenters. The first-order valence-corrected chi connectivity index (χ1v) is 11.4. The molecule has 170 valence electrons. The second kappa shape index (κ2) is 10.9. The van der Waals surface area contributed by atoms with Gasteiger partial charge in [0.1, 0.15) is 18.0 Å². The Morgan fingerprint density at radius 1 is 1.35 bits per heavy atom. The van der Waals surface area contributed by atoms with Crippen LogP contribution in [-0.4, -0.2) is 61.4 Å². The van der Waals surface area contributed by atoms with E-state index >= 15 is 0 Å². The third kappa shape index (κ3) is 7.64. The predicted molar refractivity (Wildman–Crippen MR) is 114 cm³/mol. The van der Waals surface area contributed by atoms with Crippen molar-refractivity contribution in [1.29, 1.82) is 5.41 Å². The van der Waals surface area contributed by atoms with Crippen LogP contribution in [-0.2, 0) is 24.4 Å². The lowest BCUT2D eigenvalue weighted by atomic mass is 10.0. The highest BCUT2D eigenvalue weighted by Crippen LogP contribution is 2.19. The van der Waals surface area contributed by atoms with Crippen LogP contribution in [0.3, 0.4) is 0 Å². The minimum Gasteiger partial charge on any atom is -0.480 e. The number of hydrogen-bond donors (Lipinski definition) is 5. The number of rotatable bonds is 12. The first-order valence-electron chi connectivity index (χ1n) is 9.78. The maximum atomic E-state index is 12.2. The maximum absolute atomic E-state index is 12.2. The van der Waals surface area contributed by atoms with E-state index in [4.69, 9.17) is 16.0 Å². The molecule has 0 bridgehead atoms. The number of nitrogens with zero attached hydrogens (tertiary/aromatic N) is 1. The van der Waals surface area contributed by atoms with Crippen molar-refractivity contribution in [3.05, 3.63) is 35.4 Å². The number of nitrogens with two attached hydrogens (primary N) is 1. The third-order valence-corrected chi connectivity index (χ3v) is 6.03. The van der Waals surface area contributed by atoms with Gasteiger partial charge in [-0.25, -0.2) is 8.42 Å². The van der Waals surface area contributed by atoms with Crippen LogP contribution in [0.4, 0.5) is 0 Å². The Balaban J connectivity index is 1.83. The molecule has 0 radical (unpaired) electrons. The maximum Gasteiger partial charge on any atom is 0.323 e. The smallest absolute Gasteiger partial charge is 0.323 e. The average molecular weight is 454 g/mol. The molecule has 11 nitrogen and oxygen atoms in total. The van der Waals surface area contributed by atoms with Crippen LogP contribution in [0.5, 0.6) is 0 Å². The Morgan fingerprint density at radius 2 is 2.03 bits per heavy atom. The van der Waals surface area contributed by atoms with Crippen LogP contribution in [0, 0.1) is 5.41 Å². The van der Waals surface area contributed by atoms with Gasteiger partial charge in [0.25, 0.3) is 0 Å². The van der Waals surface area contributed by atoms with Gasteiger partial charge < -0.3 is 21.0 Å². The number of nitrogens with one attached hydrogen (secondary N) is 3. The van der Waals surface area contributed by atoms with Crippen LogP contribution < -0.4 is 15.8 Å². The molecule has 1 aromatic rings. The Kier molecular flexibility index (Phi) is 8.51. The standard InChI is InChI=1S/C19H27N5O6S/c1-2-3-8-31(28,29)24-16(19(26)27)11-22-17(25)10-14-9-15(23-30-14)12-4-6-13(7-5-12)18(20)21/h4-7,14,16,24H,2-3,8-11H2,1H3,(H3,20,21)(H,22,25)(H,26,27)/t14?,16-/m0/s1. The van der Waals surface area contributed by atoms with E-state index in [1.165, 1.54) is 0 Å². The fourth-order valence-corrected chi connectivity index (χ4v) is 4.24. The number of hydrogen-bond acceptors (Lipinski definition) is 7. The molecule has 0 aromatic heterocycles. The summed E-state index contributed by atoms with van der Waals surface area (Å²) >= 11 is 0. The van der Waals surface area contributed by atoms with Crippen molar-refractivity contribution in [2.24, 2.45) is 10.9 Å². The third-order valence-electron chi connectivity index (χ3n) is 4.57. The Morgan fingerprint density at radius 3 is 2.61 bits per heavy atom. The molecule has 2 rings (SSSR count). The molecule has 0 spiro atoms. The Bertz CT molecular complexity index is 945. The molecule has 1 aliphatic heterocycles. The van der Waals surface area contributed by atoms with Crippen molar-refractivity contribution in [2.75, 3.05) is 12.3 Å². The number of carbonyl (C=O) groups excluding carboxylic acids is 1. The number of carbonyl (C=O) groups is 2. The van der Waals surface area contributed by atoms with E-state index in [2.05, 4.69) is 15.2 Å². The summed E-state index contributed by atoms with van der Waals surface area (Å²) in [5.41, 5.74) is 7.43. The molecule has 1 amide bonds. The second-order valence-electron chi connectivity index (χ2n) is 7.15. The summed E-state index contributed by atoms with van der Waals surface area (Å²) in [6.07, 6.45) is 0.855. The summed E-state index contributed by atoms with van der Waals surface area (Å²) in [5, 5.41) is 23.0.